The minimum absolute atomic E-state index is 0.116. The molecule has 4 heteroatoms. The molecular formula is C16H25N3O. The maximum atomic E-state index is 7.41. The van der Waals surface area contributed by atoms with Gasteiger partial charge in [0.25, 0.3) is 0 Å². The van der Waals surface area contributed by atoms with Crippen molar-refractivity contribution >= 4 is 5.84 Å². The molecule has 0 atom stereocenters. The molecule has 1 heterocycles. The Morgan fingerprint density at radius 1 is 1.15 bits per heavy atom. The van der Waals surface area contributed by atoms with E-state index in [1.165, 1.54) is 5.56 Å². The summed E-state index contributed by atoms with van der Waals surface area (Å²) in [6.07, 6.45) is 0. The molecule has 1 aromatic carbocycles. The highest BCUT2D eigenvalue weighted by atomic mass is 16.5. The first kappa shape index (κ1) is 15.0. The van der Waals surface area contributed by atoms with E-state index in [0.29, 0.717) is 0 Å². The zero-order chi connectivity index (χ0) is 15.0. The van der Waals surface area contributed by atoms with Gasteiger partial charge in [-0.15, -0.1) is 0 Å². The summed E-state index contributed by atoms with van der Waals surface area (Å²) in [5.41, 5.74) is 7.24. The fraction of sp³-hybridized carbons (Fsp3) is 0.562. The summed E-state index contributed by atoms with van der Waals surface area (Å²) >= 11 is 0. The third kappa shape index (κ3) is 3.81. The first-order valence-corrected chi connectivity index (χ1v) is 7.03. The van der Waals surface area contributed by atoms with Crippen LogP contribution in [-0.2, 0) is 11.3 Å². The molecule has 1 saturated heterocycles. The second kappa shape index (κ2) is 5.19. The Morgan fingerprint density at radius 3 is 2.10 bits per heavy atom. The van der Waals surface area contributed by atoms with Crippen molar-refractivity contribution in [1.29, 1.82) is 5.41 Å². The molecule has 1 aliphatic rings. The SMILES string of the molecule is CC1(C)CN(Cc2ccc(C(=N)N)cc2)CC(C)(C)O1. The maximum Gasteiger partial charge on any atom is 0.122 e. The lowest BCUT2D eigenvalue weighted by Crippen LogP contribution is -2.56. The summed E-state index contributed by atoms with van der Waals surface area (Å²) in [5.74, 6) is 0.116. The molecule has 4 nitrogen and oxygen atoms in total. The summed E-state index contributed by atoms with van der Waals surface area (Å²) in [5, 5.41) is 7.41. The van der Waals surface area contributed by atoms with Gasteiger partial charge in [-0.1, -0.05) is 24.3 Å². The van der Waals surface area contributed by atoms with Gasteiger partial charge in [-0.2, -0.15) is 0 Å². The molecule has 0 bridgehead atoms. The van der Waals surface area contributed by atoms with E-state index < -0.39 is 0 Å². The number of hydrogen-bond acceptors (Lipinski definition) is 3. The molecule has 2 rings (SSSR count). The predicted octanol–water partition coefficient (Wildman–Crippen LogP) is 2.36. The lowest BCUT2D eigenvalue weighted by Gasteiger charge is -2.47. The summed E-state index contributed by atoms with van der Waals surface area (Å²) in [7, 11) is 0. The van der Waals surface area contributed by atoms with Gasteiger partial charge >= 0.3 is 0 Å². The number of nitrogens with zero attached hydrogens (tertiary/aromatic N) is 1. The van der Waals surface area contributed by atoms with E-state index in [9.17, 15) is 0 Å². The summed E-state index contributed by atoms with van der Waals surface area (Å²) in [4.78, 5) is 2.42. The molecular weight excluding hydrogens is 250 g/mol. The molecule has 0 amide bonds. The predicted molar refractivity (Wildman–Crippen MR) is 82.0 cm³/mol. The smallest absolute Gasteiger partial charge is 0.122 e. The Kier molecular flexibility index (Phi) is 3.89. The fourth-order valence-electron chi connectivity index (χ4n) is 3.11. The summed E-state index contributed by atoms with van der Waals surface area (Å²) in [6.45, 7) is 11.3. The normalized spacial score (nSPS) is 21.6. The third-order valence-electron chi connectivity index (χ3n) is 3.43. The van der Waals surface area contributed by atoms with E-state index in [2.05, 4.69) is 32.6 Å². The molecule has 1 aliphatic heterocycles. The van der Waals surface area contributed by atoms with Gasteiger partial charge in [0.15, 0.2) is 0 Å². The quantitative estimate of drug-likeness (QED) is 0.657. The summed E-state index contributed by atoms with van der Waals surface area (Å²) < 4.78 is 6.09. The van der Waals surface area contributed by atoms with Crippen LogP contribution in [0.25, 0.3) is 0 Å². The van der Waals surface area contributed by atoms with Crippen molar-refractivity contribution in [2.45, 2.75) is 45.4 Å². The Morgan fingerprint density at radius 2 is 1.65 bits per heavy atom. The lowest BCUT2D eigenvalue weighted by atomic mass is 9.98. The largest absolute Gasteiger partial charge is 0.384 e. The molecule has 110 valence electrons. The molecule has 0 spiro atoms. The minimum Gasteiger partial charge on any atom is -0.384 e. The van der Waals surface area contributed by atoms with Crippen molar-refractivity contribution in [3.63, 3.8) is 0 Å². The minimum atomic E-state index is -0.124. The van der Waals surface area contributed by atoms with E-state index in [4.69, 9.17) is 15.9 Å². The van der Waals surface area contributed by atoms with Crippen LogP contribution in [0.4, 0.5) is 0 Å². The molecule has 3 N–H and O–H groups in total. The first-order chi connectivity index (χ1) is 9.17. The number of hydrogen-bond donors (Lipinski definition) is 2. The van der Waals surface area contributed by atoms with Crippen LogP contribution in [0, 0.1) is 5.41 Å². The van der Waals surface area contributed by atoms with Crippen LogP contribution in [0.3, 0.4) is 0 Å². The molecule has 0 unspecified atom stereocenters. The second-order valence-electron chi connectivity index (χ2n) is 6.88. The van der Waals surface area contributed by atoms with Gasteiger partial charge in [0, 0.05) is 25.2 Å². The van der Waals surface area contributed by atoms with E-state index in [-0.39, 0.29) is 17.0 Å². The lowest BCUT2D eigenvalue weighted by molar-refractivity contribution is -0.182. The molecule has 1 fully saturated rings. The number of morpholine rings is 1. The zero-order valence-corrected chi connectivity index (χ0v) is 12.9. The van der Waals surface area contributed by atoms with Crippen LogP contribution in [0.15, 0.2) is 24.3 Å². The van der Waals surface area contributed by atoms with Crippen molar-refractivity contribution in [3.8, 4) is 0 Å². The van der Waals surface area contributed by atoms with Gasteiger partial charge in [-0.3, -0.25) is 10.3 Å². The number of nitrogens with one attached hydrogen (secondary N) is 1. The Hall–Kier alpha value is -1.39. The Balaban J connectivity index is 2.07. The fourth-order valence-corrected chi connectivity index (χ4v) is 3.11. The van der Waals surface area contributed by atoms with Crippen LogP contribution in [0.2, 0.25) is 0 Å². The van der Waals surface area contributed by atoms with Crippen LogP contribution < -0.4 is 5.73 Å². The zero-order valence-electron chi connectivity index (χ0n) is 12.9. The number of benzene rings is 1. The van der Waals surface area contributed by atoms with Crippen LogP contribution >= 0.6 is 0 Å². The Bertz CT molecular complexity index is 475. The average molecular weight is 275 g/mol. The van der Waals surface area contributed by atoms with Crippen molar-refractivity contribution in [1.82, 2.24) is 4.90 Å². The van der Waals surface area contributed by atoms with Crippen molar-refractivity contribution in [2.24, 2.45) is 5.73 Å². The van der Waals surface area contributed by atoms with E-state index in [0.717, 1.165) is 25.2 Å². The number of amidine groups is 1. The highest BCUT2D eigenvalue weighted by Crippen LogP contribution is 2.28. The van der Waals surface area contributed by atoms with Crippen molar-refractivity contribution in [3.05, 3.63) is 35.4 Å². The van der Waals surface area contributed by atoms with Gasteiger partial charge in [-0.05, 0) is 33.3 Å². The van der Waals surface area contributed by atoms with E-state index >= 15 is 0 Å². The number of ether oxygens (including phenoxy) is 1. The molecule has 0 aromatic heterocycles. The number of rotatable bonds is 3. The Labute approximate surface area is 121 Å². The van der Waals surface area contributed by atoms with E-state index in [1.54, 1.807) is 0 Å². The average Bonchev–Trinajstić information content (AvgIpc) is 2.25. The molecule has 0 saturated carbocycles. The number of nitrogen functional groups attached to an aromatic ring is 1. The highest BCUT2D eigenvalue weighted by molar-refractivity contribution is 5.94. The van der Waals surface area contributed by atoms with Gasteiger partial charge in [-0.25, -0.2) is 0 Å². The van der Waals surface area contributed by atoms with E-state index in [1.807, 2.05) is 24.3 Å². The number of nitrogens with two attached hydrogens (primary N) is 1. The maximum absolute atomic E-state index is 7.41. The molecule has 1 aromatic rings. The topological polar surface area (TPSA) is 62.3 Å². The van der Waals surface area contributed by atoms with Crippen LogP contribution in [0.1, 0.15) is 38.8 Å². The van der Waals surface area contributed by atoms with Gasteiger partial charge in [0.1, 0.15) is 5.84 Å². The first-order valence-electron chi connectivity index (χ1n) is 7.03. The van der Waals surface area contributed by atoms with Gasteiger partial charge < -0.3 is 10.5 Å². The van der Waals surface area contributed by atoms with Crippen molar-refractivity contribution in [2.75, 3.05) is 13.1 Å². The van der Waals surface area contributed by atoms with Gasteiger partial charge in [0.05, 0.1) is 11.2 Å². The second-order valence-corrected chi connectivity index (χ2v) is 6.88. The molecule has 20 heavy (non-hydrogen) atoms. The van der Waals surface area contributed by atoms with Gasteiger partial charge in [0.2, 0.25) is 0 Å². The van der Waals surface area contributed by atoms with Crippen LogP contribution in [-0.4, -0.2) is 35.0 Å². The summed E-state index contributed by atoms with van der Waals surface area (Å²) in [6, 6.07) is 7.92. The third-order valence-corrected chi connectivity index (χ3v) is 3.43. The monoisotopic (exact) mass is 275 g/mol. The molecule has 0 aliphatic carbocycles. The highest BCUT2D eigenvalue weighted by Gasteiger charge is 2.37. The van der Waals surface area contributed by atoms with Crippen LogP contribution in [0.5, 0.6) is 0 Å². The molecule has 0 radical (unpaired) electrons. The van der Waals surface area contributed by atoms with Crippen molar-refractivity contribution < 1.29 is 4.74 Å². The standard InChI is InChI=1S/C16H25N3O/c1-15(2)10-19(11-16(3,4)20-15)9-12-5-7-13(8-6-12)14(17)18/h5-8H,9-11H2,1-4H3,(H3,17,18).